The van der Waals surface area contributed by atoms with Crippen molar-refractivity contribution in [1.29, 1.82) is 5.41 Å². The molecule has 4 rings (SSSR count). The number of phenols is 1. The van der Waals surface area contributed by atoms with Crippen molar-refractivity contribution in [3.63, 3.8) is 0 Å². The van der Waals surface area contributed by atoms with Crippen LogP contribution in [0.3, 0.4) is 0 Å². The molecule has 2 aromatic carbocycles. The summed E-state index contributed by atoms with van der Waals surface area (Å²) < 4.78 is 5.93. The van der Waals surface area contributed by atoms with Gasteiger partial charge in [0, 0.05) is 39.9 Å². The SMILES string of the molecule is N=c1ccc2c(-c3ccccc3O)c3ccc(N)cc3oc-2c1. The van der Waals surface area contributed by atoms with Crippen LogP contribution in [0.1, 0.15) is 0 Å². The average molecular weight is 302 g/mol. The first-order valence-electron chi connectivity index (χ1n) is 7.22. The number of nitrogens with one attached hydrogen (secondary N) is 1. The van der Waals surface area contributed by atoms with Gasteiger partial charge >= 0.3 is 0 Å². The highest BCUT2D eigenvalue weighted by Crippen LogP contribution is 2.42. The van der Waals surface area contributed by atoms with E-state index >= 15 is 0 Å². The molecule has 0 fully saturated rings. The van der Waals surface area contributed by atoms with Gasteiger partial charge in [-0.1, -0.05) is 18.2 Å². The molecule has 0 radical (unpaired) electrons. The maximum Gasteiger partial charge on any atom is 0.137 e. The van der Waals surface area contributed by atoms with Crippen LogP contribution in [0.15, 0.2) is 65.1 Å². The molecule has 0 saturated carbocycles. The number of anilines is 1. The van der Waals surface area contributed by atoms with E-state index in [1.54, 1.807) is 30.3 Å². The molecule has 0 bridgehead atoms. The molecule has 4 nitrogen and oxygen atoms in total. The van der Waals surface area contributed by atoms with Gasteiger partial charge in [-0.15, -0.1) is 0 Å². The predicted octanol–water partition coefficient (Wildman–Crippen LogP) is 3.97. The molecule has 1 aliphatic carbocycles. The molecule has 4 heteroatoms. The number of phenolic OH excluding ortho intramolecular Hbond substituents is 1. The Kier molecular flexibility index (Phi) is 2.84. The smallest absolute Gasteiger partial charge is 0.137 e. The van der Waals surface area contributed by atoms with Crippen LogP contribution in [0, 0.1) is 5.41 Å². The molecule has 2 aliphatic rings. The van der Waals surface area contributed by atoms with Gasteiger partial charge in [0.05, 0.1) is 5.36 Å². The summed E-state index contributed by atoms with van der Waals surface area (Å²) in [6.45, 7) is 0. The van der Waals surface area contributed by atoms with Crippen LogP contribution in [-0.4, -0.2) is 5.11 Å². The lowest BCUT2D eigenvalue weighted by Crippen LogP contribution is -2.00. The lowest BCUT2D eigenvalue weighted by molar-refractivity contribution is 0.477. The van der Waals surface area contributed by atoms with Crippen LogP contribution in [0.5, 0.6) is 5.75 Å². The maximum atomic E-state index is 10.3. The van der Waals surface area contributed by atoms with Crippen molar-refractivity contribution in [3.05, 3.63) is 66.0 Å². The van der Waals surface area contributed by atoms with Crippen molar-refractivity contribution in [2.45, 2.75) is 0 Å². The molecular formula is C19H14N2O2. The molecule has 1 aliphatic heterocycles. The first kappa shape index (κ1) is 13.4. The molecule has 23 heavy (non-hydrogen) atoms. The molecule has 1 heterocycles. The second-order valence-corrected chi connectivity index (χ2v) is 5.46. The van der Waals surface area contributed by atoms with E-state index in [-0.39, 0.29) is 5.75 Å². The lowest BCUT2D eigenvalue weighted by atomic mass is 9.93. The number of fused-ring (bicyclic) bond motifs is 2. The first-order chi connectivity index (χ1) is 11.1. The number of hydrogen-bond donors (Lipinski definition) is 3. The van der Waals surface area contributed by atoms with Gasteiger partial charge < -0.3 is 20.7 Å². The third-order valence-electron chi connectivity index (χ3n) is 3.92. The topological polar surface area (TPSA) is 83.2 Å². The molecule has 0 spiro atoms. The van der Waals surface area contributed by atoms with Gasteiger partial charge in [-0.05, 0) is 30.3 Å². The number of hydrogen-bond acceptors (Lipinski definition) is 4. The van der Waals surface area contributed by atoms with E-state index < -0.39 is 0 Å². The van der Waals surface area contributed by atoms with E-state index in [1.807, 2.05) is 30.3 Å². The van der Waals surface area contributed by atoms with Crippen LogP contribution in [0.25, 0.3) is 33.4 Å². The summed E-state index contributed by atoms with van der Waals surface area (Å²) in [6.07, 6.45) is 0. The summed E-state index contributed by atoms with van der Waals surface area (Å²) in [7, 11) is 0. The zero-order chi connectivity index (χ0) is 16.0. The summed E-state index contributed by atoms with van der Waals surface area (Å²) in [5.41, 5.74) is 9.54. The van der Waals surface area contributed by atoms with Crippen LogP contribution in [0.2, 0.25) is 0 Å². The van der Waals surface area contributed by atoms with Gasteiger partial charge in [0.15, 0.2) is 0 Å². The van der Waals surface area contributed by atoms with Gasteiger partial charge in [0.25, 0.3) is 0 Å². The fourth-order valence-electron chi connectivity index (χ4n) is 2.88. The highest BCUT2D eigenvalue weighted by molar-refractivity contribution is 6.03. The molecule has 2 aromatic rings. The second kappa shape index (κ2) is 4.88. The third kappa shape index (κ3) is 2.12. The number of nitrogens with two attached hydrogens (primary N) is 1. The minimum atomic E-state index is 0.202. The van der Waals surface area contributed by atoms with Crippen molar-refractivity contribution in [3.8, 4) is 28.2 Å². The van der Waals surface area contributed by atoms with Crippen molar-refractivity contribution < 1.29 is 9.52 Å². The Balaban J connectivity index is 2.23. The summed E-state index contributed by atoms with van der Waals surface area (Å²) in [6, 6.07) is 17.9. The predicted molar refractivity (Wildman–Crippen MR) is 90.2 cm³/mol. The summed E-state index contributed by atoms with van der Waals surface area (Å²) in [4.78, 5) is 0. The molecule has 0 saturated heterocycles. The Labute approximate surface area is 132 Å². The Morgan fingerprint density at radius 1 is 0.913 bits per heavy atom. The van der Waals surface area contributed by atoms with Crippen molar-refractivity contribution in [2.75, 3.05) is 5.73 Å². The number of para-hydroxylation sites is 1. The van der Waals surface area contributed by atoms with E-state index in [4.69, 9.17) is 15.6 Å². The largest absolute Gasteiger partial charge is 0.507 e. The van der Waals surface area contributed by atoms with Crippen LogP contribution in [-0.2, 0) is 0 Å². The molecule has 0 unspecified atom stereocenters. The second-order valence-electron chi connectivity index (χ2n) is 5.46. The van der Waals surface area contributed by atoms with Gasteiger partial charge in [0.1, 0.15) is 17.1 Å². The standard InChI is InChI=1S/C19H14N2O2/c20-11-5-7-14-17(9-11)23-18-10-12(21)6-8-15(18)19(14)13-3-1-2-4-16(13)22/h1-10,20,22H,21H2. The Hall–Kier alpha value is -3.27. The highest BCUT2D eigenvalue weighted by atomic mass is 16.3. The molecule has 4 N–H and O–H groups in total. The number of aromatic hydroxyl groups is 1. The Morgan fingerprint density at radius 3 is 2.57 bits per heavy atom. The fraction of sp³-hybridized carbons (Fsp3) is 0. The normalized spacial score (nSPS) is 11.1. The first-order valence-corrected chi connectivity index (χ1v) is 7.22. The Morgan fingerprint density at radius 2 is 1.74 bits per heavy atom. The van der Waals surface area contributed by atoms with Crippen LogP contribution >= 0.6 is 0 Å². The monoisotopic (exact) mass is 302 g/mol. The van der Waals surface area contributed by atoms with Gasteiger partial charge in [-0.2, -0.15) is 0 Å². The van der Waals surface area contributed by atoms with Crippen molar-refractivity contribution in [1.82, 2.24) is 0 Å². The molecule has 0 amide bonds. The lowest BCUT2D eigenvalue weighted by Gasteiger charge is -2.16. The third-order valence-corrected chi connectivity index (χ3v) is 3.92. The van der Waals surface area contributed by atoms with Gasteiger partial charge in [0.2, 0.25) is 0 Å². The molecular weight excluding hydrogens is 288 g/mol. The summed E-state index contributed by atoms with van der Waals surface area (Å²) >= 11 is 0. The van der Waals surface area contributed by atoms with E-state index in [0.717, 1.165) is 22.1 Å². The Bertz CT molecular complexity index is 1070. The zero-order valence-electron chi connectivity index (χ0n) is 12.2. The minimum Gasteiger partial charge on any atom is -0.507 e. The van der Waals surface area contributed by atoms with Crippen molar-refractivity contribution in [2.24, 2.45) is 0 Å². The maximum absolute atomic E-state index is 10.3. The number of rotatable bonds is 1. The molecule has 112 valence electrons. The van der Waals surface area contributed by atoms with E-state index in [2.05, 4.69) is 0 Å². The van der Waals surface area contributed by atoms with E-state index in [0.29, 0.717) is 22.4 Å². The van der Waals surface area contributed by atoms with Gasteiger partial charge in [-0.3, -0.25) is 0 Å². The van der Waals surface area contributed by atoms with Crippen LogP contribution in [0.4, 0.5) is 5.69 Å². The zero-order valence-corrected chi connectivity index (χ0v) is 12.2. The molecule has 0 atom stereocenters. The summed E-state index contributed by atoms with van der Waals surface area (Å²) in [5.74, 6) is 0.793. The van der Waals surface area contributed by atoms with E-state index in [1.165, 1.54) is 0 Å². The van der Waals surface area contributed by atoms with Gasteiger partial charge in [-0.25, -0.2) is 0 Å². The van der Waals surface area contributed by atoms with Crippen LogP contribution < -0.4 is 11.1 Å². The molecule has 0 aromatic heterocycles. The quantitative estimate of drug-likeness (QED) is 0.367. The summed E-state index contributed by atoms with van der Waals surface area (Å²) in [5, 5.41) is 19.3. The highest BCUT2D eigenvalue weighted by Gasteiger charge is 2.18. The minimum absolute atomic E-state index is 0.202. The van der Waals surface area contributed by atoms with Crippen molar-refractivity contribution >= 4 is 16.7 Å². The average Bonchev–Trinajstić information content (AvgIpc) is 2.53. The number of benzene rings is 3. The number of nitrogen functional groups attached to an aromatic ring is 1. The fourth-order valence-corrected chi connectivity index (χ4v) is 2.88. The van der Waals surface area contributed by atoms with E-state index in [9.17, 15) is 5.11 Å².